The molecule has 1 aliphatic heterocycles. The molecular weight excluding hydrogens is 446 g/mol. The predicted molar refractivity (Wildman–Crippen MR) is 126 cm³/mol. The minimum atomic E-state index is -3.73. The van der Waals surface area contributed by atoms with Gasteiger partial charge in [-0.1, -0.05) is 31.2 Å². The smallest absolute Gasteiger partial charge is 0.257 e. The van der Waals surface area contributed by atoms with Crippen molar-refractivity contribution in [2.45, 2.75) is 31.1 Å². The molecule has 1 aromatic heterocycles. The van der Waals surface area contributed by atoms with Gasteiger partial charge in [0.15, 0.2) is 5.13 Å². The van der Waals surface area contributed by atoms with Crippen LogP contribution in [0.5, 0.6) is 5.75 Å². The van der Waals surface area contributed by atoms with Crippen LogP contribution in [0, 0.1) is 0 Å². The van der Waals surface area contributed by atoms with Gasteiger partial charge in [0, 0.05) is 29.6 Å². The number of sulfonamides is 1. The number of hydrogen-bond acceptors (Lipinski definition) is 6. The van der Waals surface area contributed by atoms with Gasteiger partial charge in [-0.25, -0.2) is 13.4 Å². The first-order valence-electron chi connectivity index (χ1n) is 10.5. The summed E-state index contributed by atoms with van der Waals surface area (Å²) in [6.45, 7) is 3.05. The van der Waals surface area contributed by atoms with E-state index in [4.69, 9.17) is 4.74 Å². The highest BCUT2D eigenvalue weighted by atomic mass is 32.2. The fraction of sp³-hybridized carbons (Fsp3) is 0.304. The first-order chi connectivity index (χ1) is 15.4. The Bertz CT molecular complexity index is 1210. The molecule has 2 aromatic carbocycles. The second-order valence-electron chi connectivity index (χ2n) is 7.52. The van der Waals surface area contributed by atoms with Crippen molar-refractivity contribution in [2.24, 2.45) is 0 Å². The minimum absolute atomic E-state index is 0.00499. The third-order valence-corrected chi connectivity index (χ3v) is 8.17. The molecule has 1 N–H and O–H groups in total. The number of nitrogens with zero attached hydrogens (tertiary/aromatic N) is 2. The number of benzene rings is 2. The van der Waals surface area contributed by atoms with Crippen LogP contribution in [-0.2, 0) is 16.4 Å². The van der Waals surface area contributed by atoms with Crippen LogP contribution < -0.4 is 10.1 Å². The van der Waals surface area contributed by atoms with Gasteiger partial charge in [0.2, 0.25) is 10.0 Å². The number of nitrogens with one attached hydrogen (secondary N) is 1. The summed E-state index contributed by atoms with van der Waals surface area (Å²) in [4.78, 5) is 17.4. The molecule has 9 heteroatoms. The number of hydrogen-bond donors (Lipinski definition) is 1. The van der Waals surface area contributed by atoms with Gasteiger partial charge in [-0.2, -0.15) is 4.31 Å². The molecule has 168 valence electrons. The highest BCUT2D eigenvalue weighted by Crippen LogP contribution is 2.31. The van der Waals surface area contributed by atoms with Crippen LogP contribution in [0.4, 0.5) is 5.13 Å². The number of carbonyl (C=O) groups excluding carboxylic acids is 1. The van der Waals surface area contributed by atoms with Gasteiger partial charge < -0.3 is 4.74 Å². The molecule has 4 rings (SSSR count). The molecule has 3 aromatic rings. The van der Waals surface area contributed by atoms with Crippen molar-refractivity contribution in [1.82, 2.24) is 9.29 Å². The Kier molecular flexibility index (Phi) is 6.59. The van der Waals surface area contributed by atoms with Gasteiger partial charge >= 0.3 is 0 Å². The third-order valence-electron chi connectivity index (χ3n) is 5.49. The highest BCUT2D eigenvalue weighted by Gasteiger charge is 2.30. The van der Waals surface area contributed by atoms with Crippen LogP contribution in [-0.4, -0.2) is 43.8 Å². The number of anilines is 1. The number of ether oxygens (including phenoxy) is 1. The zero-order chi connectivity index (χ0) is 22.7. The molecule has 0 spiro atoms. The van der Waals surface area contributed by atoms with E-state index in [2.05, 4.69) is 29.4 Å². The molecule has 0 aliphatic carbocycles. The maximum absolute atomic E-state index is 13.1. The number of aryl methyl sites for hydroxylation is 1. The number of rotatable bonds is 7. The van der Waals surface area contributed by atoms with Crippen LogP contribution in [0.25, 0.3) is 11.3 Å². The average Bonchev–Trinajstić information content (AvgIpc) is 3.51. The number of thiazole rings is 1. The van der Waals surface area contributed by atoms with Crippen molar-refractivity contribution in [1.29, 1.82) is 0 Å². The van der Waals surface area contributed by atoms with E-state index < -0.39 is 15.9 Å². The summed E-state index contributed by atoms with van der Waals surface area (Å²) in [5.74, 6) is -0.201. The van der Waals surface area contributed by atoms with Crippen molar-refractivity contribution in [2.75, 3.05) is 25.5 Å². The van der Waals surface area contributed by atoms with Crippen molar-refractivity contribution in [3.8, 4) is 17.0 Å². The van der Waals surface area contributed by atoms with Crippen LogP contribution in [0.1, 0.15) is 35.7 Å². The Labute approximate surface area is 192 Å². The Morgan fingerprint density at radius 1 is 1.16 bits per heavy atom. The van der Waals surface area contributed by atoms with Gasteiger partial charge in [-0.05, 0) is 43.0 Å². The molecule has 0 saturated carbocycles. The van der Waals surface area contributed by atoms with E-state index in [-0.39, 0.29) is 16.2 Å². The van der Waals surface area contributed by atoms with E-state index in [9.17, 15) is 13.2 Å². The second-order valence-corrected chi connectivity index (χ2v) is 10.3. The Morgan fingerprint density at radius 2 is 1.88 bits per heavy atom. The van der Waals surface area contributed by atoms with Crippen LogP contribution in [0.3, 0.4) is 0 Å². The Balaban J connectivity index is 1.55. The van der Waals surface area contributed by atoms with E-state index >= 15 is 0 Å². The van der Waals surface area contributed by atoms with Gasteiger partial charge in [0.25, 0.3) is 5.91 Å². The van der Waals surface area contributed by atoms with Gasteiger partial charge in [0.1, 0.15) is 10.6 Å². The molecule has 1 saturated heterocycles. The lowest BCUT2D eigenvalue weighted by Gasteiger charge is -2.18. The quantitative estimate of drug-likeness (QED) is 0.551. The molecule has 0 bridgehead atoms. The molecule has 1 fully saturated rings. The molecule has 32 heavy (non-hydrogen) atoms. The van der Waals surface area contributed by atoms with Gasteiger partial charge in [-0.15, -0.1) is 11.3 Å². The maximum Gasteiger partial charge on any atom is 0.257 e. The summed E-state index contributed by atoms with van der Waals surface area (Å²) in [5, 5.41) is 5.11. The Hall–Kier alpha value is -2.75. The number of amides is 1. The van der Waals surface area contributed by atoms with Gasteiger partial charge in [0.05, 0.1) is 12.8 Å². The van der Waals surface area contributed by atoms with Crippen LogP contribution in [0.15, 0.2) is 52.7 Å². The number of methoxy groups -OCH3 is 1. The maximum atomic E-state index is 13.1. The van der Waals surface area contributed by atoms with E-state index in [1.165, 1.54) is 40.4 Å². The molecule has 1 aliphatic rings. The summed E-state index contributed by atoms with van der Waals surface area (Å²) in [7, 11) is -2.31. The lowest BCUT2D eigenvalue weighted by Crippen LogP contribution is -2.28. The first-order valence-corrected chi connectivity index (χ1v) is 12.8. The number of carbonyl (C=O) groups is 1. The van der Waals surface area contributed by atoms with Crippen molar-refractivity contribution < 1.29 is 17.9 Å². The predicted octanol–water partition coefficient (Wildman–Crippen LogP) is 4.42. The zero-order valence-corrected chi connectivity index (χ0v) is 19.6. The third kappa shape index (κ3) is 4.55. The normalized spacial score (nSPS) is 14.4. The molecule has 0 atom stereocenters. The SMILES string of the molecule is CCc1ccc(-c2csc(NC(=O)c3ccc(OC)c(S(=O)(=O)N4CCCC4)c3)n2)cc1. The topological polar surface area (TPSA) is 88.6 Å². The average molecular weight is 472 g/mol. The van der Waals surface area contributed by atoms with Crippen LogP contribution in [0.2, 0.25) is 0 Å². The van der Waals surface area contributed by atoms with Crippen molar-refractivity contribution in [3.63, 3.8) is 0 Å². The Morgan fingerprint density at radius 3 is 2.53 bits per heavy atom. The second kappa shape index (κ2) is 9.40. The molecule has 1 amide bonds. The summed E-state index contributed by atoms with van der Waals surface area (Å²) in [5.41, 5.74) is 3.23. The zero-order valence-electron chi connectivity index (χ0n) is 18.0. The first kappa shape index (κ1) is 22.4. The van der Waals surface area contributed by atoms with E-state index in [1.807, 2.05) is 17.5 Å². The minimum Gasteiger partial charge on any atom is -0.495 e. The summed E-state index contributed by atoms with van der Waals surface area (Å²) in [6, 6.07) is 12.6. The summed E-state index contributed by atoms with van der Waals surface area (Å²) < 4.78 is 32.8. The largest absolute Gasteiger partial charge is 0.495 e. The fourth-order valence-corrected chi connectivity index (χ4v) is 6.04. The molecule has 0 radical (unpaired) electrons. The lowest BCUT2D eigenvalue weighted by molar-refractivity contribution is 0.102. The molecular formula is C23H25N3O4S2. The number of aromatic nitrogens is 1. The summed E-state index contributed by atoms with van der Waals surface area (Å²) in [6.07, 6.45) is 2.63. The monoisotopic (exact) mass is 471 g/mol. The molecule has 0 unspecified atom stereocenters. The standard InChI is InChI=1S/C23H25N3O4S2/c1-3-16-6-8-17(9-7-16)19-15-31-23(24-19)25-22(27)18-10-11-20(30-2)21(14-18)32(28,29)26-12-4-5-13-26/h6-11,14-15H,3-5,12-13H2,1-2H3,(H,24,25,27). The van der Waals surface area contributed by atoms with E-state index in [0.717, 1.165) is 30.5 Å². The fourth-order valence-electron chi connectivity index (χ4n) is 3.63. The molecule has 2 heterocycles. The van der Waals surface area contributed by atoms with E-state index in [1.54, 1.807) is 6.07 Å². The lowest BCUT2D eigenvalue weighted by atomic mass is 10.1. The van der Waals surface area contributed by atoms with Crippen molar-refractivity contribution in [3.05, 3.63) is 59.0 Å². The summed E-state index contributed by atoms with van der Waals surface area (Å²) >= 11 is 1.32. The van der Waals surface area contributed by atoms with Crippen molar-refractivity contribution >= 4 is 32.4 Å². The molecule has 7 nitrogen and oxygen atoms in total. The highest BCUT2D eigenvalue weighted by molar-refractivity contribution is 7.89. The van der Waals surface area contributed by atoms with Gasteiger partial charge in [-0.3, -0.25) is 10.1 Å². The van der Waals surface area contributed by atoms with E-state index in [0.29, 0.717) is 18.2 Å². The van der Waals surface area contributed by atoms with Crippen LogP contribution >= 0.6 is 11.3 Å².